The van der Waals surface area contributed by atoms with Crippen LogP contribution in [0.5, 0.6) is 11.5 Å². The van der Waals surface area contributed by atoms with Gasteiger partial charge in [0.25, 0.3) is 5.91 Å². The van der Waals surface area contributed by atoms with E-state index in [1.807, 2.05) is 12.1 Å². The zero-order valence-electron chi connectivity index (χ0n) is 22.3. The second kappa shape index (κ2) is 11.4. The molecule has 0 radical (unpaired) electrons. The fourth-order valence-corrected chi connectivity index (χ4v) is 5.55. The van der Waals surface area contributed by atoms with Crippen LogP contribution in [0, 0.1) is 5.82 Å². The molecule has 1 saturated heterocycles. The van der Waals surface area contributed by atoms with Crippen molar-refractivity contribution < 1.29 is 28.6 Å². The highest BCUT2D eigenvalue weighted by molar-refractivity contribution is 6.42. The quantitative estimate of drug-likeness (QED) is 0.302. The predicted molar refractivity (Wildman–Crippen MR) is 148 cm³/mol. The van der Waals surface area contributed by atoms with Gasteiger partial charge in [0.1, 0.15) is 19.3 Å². The van der Waals surface area contributed by atoms with E-state index in [-0.39, 0.29) is 35.8 Å². The molecule has 6 rings (SSSR count). The van der Waals surface area contributed by atoms with Crippen molar-refractivity contribution in [1.29, 1.82) is 0 Å². The van der Waals surface area contributed by atoms with Gasteiger partial charge >= 0.3 is 0 Å². The molecule has 8 heteroatoms. The second-order valence-electron chi connectivity index (χ2n) is 10.9. The Morgan fingerprint density at radius 2 is 1.60 bits per heavy atom. The number of halogens is 1. The van der Waals surface area contributed by atoms with E-state index in [0.717, 1.165) is 37.1 Å². The van der Waals surface area contributed by atoms with E-state index < -0.39 is 29.7 Å². The third kappa shape index (κ3) is 5.74. The molecule has 0 bridgehead atoms. The average Bonchev–Trinajstić information content (AvgIpc) is 3.72. The number of rotatable bonds is 9. The number of nitrogens with one attached hydrogen (secondary N) is 1. The standard InChI is InChI=1S/C32H33FN2O5/c33-26-17-25(18-28-31(26)40-16-15-39-28)29(36)27(19-35-13-1-2-14-35)34-32(38)30(37)24-11-9-23(10-12-24)22-7-5-21(6-8-22)20-3-4-20/h5-12,17-18,20,27,29,36H,1-4,13-16,19H2,(H,34,38). The van der Waals surface area contributed by atoms with Crippen molar-refractivity contribution in [3.63, 3.8) is 0 Å². The highest BCUT2D eigenvalue weighted by Gasteiger charge is 2.31. The first kappa shape index (κ1) is 26.5. The van der Waals surface area contributed by atoms with E-state index in [1.54, 1.807) is 12.1 Å². The Hall–Kier alpha value is -3.75. The lowest BCUT2D eigenvalue weighted by molar-refractivity contribution is -0.118. The lowest BCUT2D eigenvalue weighted by Gasteiger charge is -2.29. The highest BCUT2D eigenvalue weighted by atomic mass is 19.1. The zero-order valence-corrected chi connectivity index (χ0v) is 22.3. The summed E-state index contributed by atoms with van der Waals surface area (Å²) in [5, 5.41) is 14.0. The predicted octanol–water partition coefficient (Wildman–Crippen LogP) is 4.64. The summed E-state index contributed by atoms with van der Waals surface area (Å²) in [5.41, 5.74) is 3.87. The van der Waals surface area contributed by atoms with Crippen LogP contribution in [0.15, 0.2) is 60.7 Å². The Bertz CT molecular complexity index is 1380. The molecule has 2 fully saturated rings. The fourth-order valence-electron chi connectivity index (χ4n) is 5.55. The van der Waals surface area contributed by atoms with Crippen molar-refractivity contribution in [1.82, 2.24) is 10.2 Å². The summed E-state index contributed by atoms with van der Waals surface area (Å²) in [7, 11) is 0. The summed E-state index contributed by atoms with van der Waals surface area (Å²) < 4.78 is 25.6. The van der Waals surface area contributed by atoms with Crippen molar-refractivity contribution >= 4 is 11.7 Å². The molecule has 0 aromatic heterocycles. The fraction of sp³-hybridized carbons (Fsp3) is 0.375. The molecule has 2 N–H and O–H groups in total. The van der Waals surface area contributed by atoms with Gasteiger partial charge in [-0.15, -0.1) is 0 Å². The van der Waals surface area contributed by atoms with E-state index in [9.17, 15) is 19.1 Å². The summed E-state index contributed by atoms with van der Waals surface area (Å²) in [4.78, 5) is 28.3. The van der Waals surface area contributed by atoms with Gasteiger partial charge in [-0.3, -0.25) is 9.59 Å². The minimum Gasteiger partial charge on any atom is -0.486 e. The van der Waals surface area contributed by atoms with Gasteiger partial charge in [-0.1, -0.05) is 48.5 Å². The van der Waals surface area contributed by atoms with Crippen LogP contribution in [0.3, 0.4) is 0 Å². The van der Waals surface area contributed by atoms with Gasteiger partial charge in [0, 0.05) is 12.1 Å². The number of amides is 1. The smallest absolute Gasteiger partial charge is 0.292 e. The molecule has 208 valence electrons. The number of nitrogens with zero attached hydrogens (tertiary/aromatic N) is 1. The number of carbonyl (C=O) groups excluding carboxylic acids is 2. The summed E-state index contributed by atoms with van der Waals surface area (Å²) in [6.45, 7) is 2.50. The van der Waals surface area contributed by atoms with Gasteiger partial charge < -0.3 is 24.8 Å². The number of aliphatic hydroxyl groups is 1. The molecule has 3 aromatic carbocycles. The number of ether oxygens (including phenoxy) is 2. The van der Waals surface area contributed by atoms with Crippen LogP contribution in [0.25, 0.3) is 11.1 Å². The van der Waals surface area contributed by atoms with Crippen LogP contribution in [0.1, 0.15) is 59.2 Å². The van der Waals surface area contributed by atoms with Gasteiger partial charge in [0.2, 0.25) is 5.78 Å². The molecular weight excluding hydrogens is 511 g/mol. The lowest BCUT2D eigenvalue weighted by atomic mass is 9.99. The van der Waals surface area contributed by atoms with Crippen molar-refractivity contribution in [2.75, 3.05) is 32.8 Å². The van der Waals surface area contributed by atoms with Crippen LogP contribution < -0.4 is 14.8 Å². The third-order valence-electron chi connectivity index (χ3n) is 7.96. The number of aliphatic hydroxyl groups excluding tert-OH is 1. The molecular formula is C32H33FN2O5. The lowest BCUT2D eigenvalue weighted by Crippen LogP contribution is -2.48. The van der Waals surface area contributed by atoms with E-state index in [4.69, 9.17) is 9.47 Å². The summed E-state index contributed by atoms with van der Waals surface area (Å²) in [6.07, 6.45) is 3.28. The molecule has 2 atom stereocenters. The SMILES string of the molecule is O=C(NC(CN1CCCC1)C(O)c1cc(F)c2c(c1)OCCO2)C(=O)c1ccc(-c2ccc(C3CC3)cc2)cc1. The highest BCUT2D eigenvalue weighted by Crippen LogP contribution is 2.40. The van der Waals surface area contributed by atoms with Crippen LogP contribution in [-0.4, -0.2) is 60.6 Å². The Labute approximate surface area is 232 Å². The maximum absolute atomic E-state index is 14.7. The minimum atomic E-state index is -1.26. The molecule has 2 heterocycles. The number of ketones is 1. The van der Waals surface area contributed by atoms with Crippen molar-refractivity contribution in [2.24, 2.45) is 0 Å². The number of benzene rings is 3. The maximum atomic E-state index is 14.7. The Morgan fingerprint density at radius 3 is 2.27 bits per heavy atom. The topological polar surface area (TPSA) is 88.1 Å². The molecule has 1 amide bonds. The van der Waals surface area contributed by atoms with Crippen LogP contribution >= 0.6 is 0 Å². The normalized spacial score (nSPS) is 18.2. The van der Waals surface area contributed by atoms with E-state index in [0.29, 0.717) is 12.5 Å². The molecule has 3 aromatic rings. The van der Waals surface area contributed by atoms with Crippen LogP contribution in [-0.2, 0) is 4.79 Å². The average molecular weight is 545 g/mol. The summed E-state index contributed by atoms with van der Waals surface area (Å²) in [6, 6.07) is 17.3. The van der Waals surface area contributed by atoms with E-state index >= 15 is 0 Å². The monoisotopic (exact) mass is 544 g/mol. The maximum Gasteiger partial charge on any atom is 0.292 e. The largest absolute Gasteiger partial charge is 0.486 e. The van der Waals surface area contributed by atoms with E-state index in [1.165, 1.54) is 30.5 Å². The third-order valence-corrected chi connectivity index (χ3v) is 7.96. The minimum absolute atomic E-state index is 0.0137. The van der Waals surface area contributed by atoms with Gasteiger partial charge in [-0.05, 0) is 79.1 Å². The molecule has 1 aliphatic carbocycles. The van der Waals surface area contributed by atoms with Crippen LogP contribution in [0.2, 0.25) is 0 Å². The van der Waals surface area contributed by atoms with E-state index in [2.05, 4.69) is 34.5 Å². The molecule has 3 aliphatic rings. The zero-order chi connectivity index (χ0) is 27.6. The second-order valence-corrected chi connectivity index (χ2v) is 10.9. The van der Waals surface area contributed by atoms with Crippen molar-refractivity contribution in [3.05, 3.63) is 83.2 Å². The Morgan fingerprint density at radius 1 is 0.950 bits per heavy atom. The molecule has 1 saturated carbocycles. The summed E-state index contributed by atoms with van der Waals surface area (Å²) >= 11 is 0. The van der Waals surface area contributed by atoms with Gasteiger partial charge in [0.15, 0.2) is 17.3 Å². The first-order valence-electron chi connectivity index (χ1n) is 14.0. The number of likely N-dealkylation sites (tertiary alicyclic amines) is 1. The first-order chi connectivity index (χ1) is 19.5. The van der Waals surface area contributed by atoms with Gasteiger partial charge in [-0.2, -0.15) is 0 Å². The van der Waals surface area contributed by atoms with Gasteiger partial charge in [0.05, 0.1) is 6.04 Å². The molecule has 0 spiro atoms. The number of carbonyl (C=O) groups is 2. The van der Waals surface area contributed by atoms with Crippen molar-refractivity contribution in [3.8, 4) is 22.6 Å². The molecule has 7 nitrogen and oxygen atoms in total. The molecule has 2 aliphatic heterocycles. The number of Topliss-reactive ketones (excluding diaryl/α,β-unsaturated/α-hetero) is 1. The van der Waals surface area contributed by atoms with Crippen LogP contribution in [0.4, 0.5) is 4.39 Å². The first-order valence-corrected chi connectivity index (χ1v) is 14.0. The Kier molecular flexibility index (Phi) is 7.54. The summed E-state index contributed by atoms with van der Waals surface area (Å²) in [5.74, 6) is -1.24. The molecule has 2 unspecified atom stereocenters. The number of hydrogen-bond donors (Lipinski definition) is 2. The Balaban J connectivity index is 1.17. The van der Waals surface area contributed by atoms with Gasteiger partial charge in [-0.25, -0.2) is 4.39 Å². The number of hydrogen-bond acceptors (Lipinski definition) is 6. The molecule has 40 heavy (non-hydrogen) atoms. The number of fused-ring (bicyclic) bond motifs is 1. The van der Waals surface area contributed by atoms with Crippen molar-refractivity contribution in [2.45, 2.75) is 43.7 Å².